The average molecular weight is 267 g/mol. The molecule has 2 fully saturated rings. The molecule has 2 aliphatic rings. The van der Waals surface area contributed by atoms with Gasteiger partial charge in [0.05, 0.1) is 5.54 Å². The normalized spacial score (nSPS) is 31.0. The van der Waals surface area contributed by atoms with E-state index >= 15 is 0 Å². The van der Waals surface area contributed by atoms with Gasteiger partial charge in [0.1, 0.15) is 0 Å². The van der Waals surface area contributed by atoms with Gasteiger partial charge in [0.15, 0.2) is 0 Å². The summed E-state index contributed by atoms with van der Waals surface area (Å²) in [5, 5.41) is 3.52. The van der Waals surface area contributed by atoms with E-state index in [1.54, 1.807) is 0 Å². The van der Waals surface area contributed by atoms with E-state index in [4.69, 9.17) is 5.73 Å². The van der Waals surface area contributed by atoms with Gasteiger partial charge in [0.25, 0.3) is 0 Å². The van der Waals surface area contributed by atoms with Crippen LogP contribution < -0.4 is 11.1 Å². The van der Waals surface area contributed by atoms with Crippen molar-refractivity contribution < 1.29 is 4.79 Å². The number of nitrogens with two attached hydrogens (primary N) is 1. The maximum Gasteiger partial charge on any atom is 0.237 e. The van der Waals surface area contributed by atoms with Crippen LogP contribution in [0.15, 0.2) is 0 Å². The molecular formula is C15H29N3O. The second-order valence-corrected chi connectivity index (χ2v) is 6.45. The quantitative estimate of drug-likeness (QED) is 0.657. The Morgan fingerprint density at radius 3 is 2.68 bits per heavy atom. The molecule has 4 nitrogen and oxygen atoms in total. The first-order chi connectivity index (χ1) is 9.07. The minimum absolute atomic E-state index is 0.149. The maximum atomic E-state index is 11.9. The summed E-state index contributed by atoms with van der Waals surface area (Å²) in [6, 6.07) is 1.05. The van der Waals surface area contributed by atoms with E-state index < -0.39 is 5.54 Å². The molecular weight excluding hydrogens is 238 g/mol. The van der Waals surface area contributed by atoms with Gasteiger partial charge in [-0.3, -0.25) is 4.79 Å². The van der Waals surface area contributed by atoms with Gasteiger partial charge in [-0.05, 0) is 52.1 Å². The Bertz CT molecular complexity index is 317. The summed E-state index contributed by atoms with van der Waals surface area (Å²) >= 11 is 0. The molecule has 110 valence electrons. The van der Waals surface area contributed by atoms with Crippen molar-refractivity contribution in [2.75, 3.05) is 13.6 Å². The van der Waals surface area contributed by atoms with E-state index in [0.29, 0.717) is 12.1 Å². The van der Waals surface area contributed by atoms with E-state index in [1.165, 1.54) is 32.1 Å². The number of primary amides is 1. The van der Waals surface area contributed by atoms with Crippen LogP contribution in [0.4, 0.5) is 0 Å². The Kier molecular flexibility index (Phi) is 4.85. The Hall–Kier alpha value is -0.610. The fourth-order valence-corrected chi connectivity index (χ4v) is 3.23. The zero-order valence-electron chi connectivity index (χ0n) is 12.5. The third-order valence-corrected chi connectivity index (χ3v) is 4.76. The SMILES string of the molecule is CCCCCN(C)C1CCC(NC2CC2)(C(N)=O)C1. The Balaban J connectivity index is 1.86. The van der Waals surface area contributed by atoms with Crippen molar-refractivity contribution in [1.82, 2.24) is 10.2 Å². The van der Waals surface area contributed by atoms with Crippen LogP contribution in [0.2, 0.25) is 0 Å². The Morgan fingerprint density at radius 2 is 2.11 bits per heavy atom. The van der Waals surface area contributed by atoms with Crippen molar-refractivity contribution in [2.45, 2.75) is 75.9 Å². The number of hydrogen-bond acceptors (Lipinski definition) is 3. The first-order valence-corrected chi connectivity index (χ1v) is 7.85. The molecule has 3 N–H and O–H groups in total. The van der Waals surface area contributed by atoms with Crippen molar-refractivity contribution in [1.29, 1.82) is 0 Å². The van der Waals surface area contributed by atoms with Crippen molar-refractivity contribution >= 4 is 5.91 Å². The molecule has 2 rings (SSSR count). The van der Waals surface area contributed by atoms with Gasteiger partial charge < -0.3 is 16.0 Å². The summed E-state index contributed by atoms with van der Waals surface area (Å²) in [4.78, 5) is 14.3. The summed E-state index contributed by atoms with van der Waals surface area (Å²) in [6.45, 7) is 3.37. The van der Waals surface area contributed by atoms with Gasteiger partial charge in [0, 0.05) is 12.1 Å². The number of nitrogens with zero attached hydrogens (tertiary/aromatic N) is 1. The molecule has 2 aliphatic carbocycles. The molecule has 2 unspecified atom stereocenters. The number of rotatable bonds is 8. The fraction of sp³-hybridized carbons (Fsp3) is 0.933. The van der Waals surface area contributed by atoms with E-state index in [-0.39, 0.29) is 5.91 Å². The minimum atomic E-state index is -0.426. The molecule has 0 heterocycles. The number of hydrogen-bond donors (Lipinski definition) is 2. The highest BCUT2D eigenvalue weighted by molar-refractivity contribution is 5.85. The topological polar surface area (TPSA) is 58.4 Å². The van der Waals surface area contributed by atoms with Crippen molar-refractivity contribution in [3.8, 4) is 0 Å². The van der Waals surface area contributed by atoms with Gasteiger partial charge >= 0.3 is 0 Å². The maximum absolute atomic E-state index is 11.9. The lowest BCUT2D eigenvalue weighted by molar-refractivity contribution is -0.124. The summed E-state index contributed by atoms with van der Waals surface area (Å²) < 4.78 is 0. The van der Waals surface area contributed by atoms with E-state index in [1.807, 2.05) is 0 Å². The highest BCUT2D eigenvalue weighted by Crippen LogP contribution is 2.36. The Morgan fingerprint density at radius 1 is 1.37 bits per heavy atom. The molecule has 2 saturated carbocycles. The predicted octanol–water partition coefficient (Wildman–Crippen LogP) is 1.64. The zero-order valence-corrected chi connectivity index (χ0v) is 12.5. The number of nitrogens with one attached hydrogen (secondary N) is 1. The average Bonchev–Trinajstić information content (AvgIpc) is 3.06. The largest absolute Gasteiger partial charge is 0.368 e. The lowest BCUT2D eigenvalue weighted by atomic mass is 9.96. The summed E-state index contributed by atoms with van der Waals surface area (Å²) in [7, 11) is 2.19. The van der Waals surface area contributed by atoms with Gasteiger partial charge in [0.2, 0.25) is 5.91 Å². The van der Waals surface area contributed by atoms with Crippen LogP contribution in [0.25, 0.3) is 0 Å². The minimum Gasteiger partial charge on any atom is -0.368 e. The highest BCUT2D eigenvalue weighted by atomic mass is 16.1. The smallest absolute Gasteiger partial charge is 0.237 e. The van der Waals surface area contributed by atoms with Crippen LogP contribution in [-0.4, -0.2) is 42.0 Å². The second kappa shape index (κ2) is 6.23. The standard InChI is InChI=1S/C15H29N3O/c1-3-4-5-10-18(2)13-8-9-15(11-13,14(16)19)17-12-6-7-12/h12-13,17H,3-11H2,1-2H3,(H2,16,19). The van der Waals surface area contributed by atoms with Crippen molar-refractivity contribution in [2.24, 2.45) is 5.73 Å². The fourth-order valence-electron chi connectivity index (χ4n) is 3.23. The zero-order chi connectivity index (χ0) is 13.9. The lowest BCUT2D eigenvalue weighted by Crippen LogP contribution is -2.55. The van der Waals surface area contributed by atoms with E-state index in [2.05, 4.69) is 24.2 Å². The number of carbonyl (C=O) groups is 1. The van der Waals surface area contributed by atoms with E-state index in [0.717, 1.165) is 25.8 Å². The molecule has 19 heavy (non-hydrogen) atoms. The third-order valence-electron chi connectivity index (χ3n) is 4.76. The summed E-state index contributed by atoms with van der Waals surface area (Å²) in [5.41, 5.74) is 5.25. The molecule has 2 atom stereocenters. The van der Waals surface area contributed by atoms with Crippen LogP contribution in [0.5, 0.6) is 0 Å². The number of amides is 1. The number of carbonyl (C=O) groups excluding carboxylic acids is 1. The predicted molar refractivity (Wildman–Crippen MR) is 77.9 cm³/mol. The van der Waals surface area contributed by atoms with Crippen molar-refractivity contribution in [3.05, 3.63) is 0 Å². The lowest BCUT2D eigenvalue weighted by Gasteiger charge is -2.30. The van der Waals surface area contributed by atoms with Crippen LogP contribution in [0.3, 0.4) is 0 Å². The van der Waals surface area contributed by atoms with Crippen LogP contribution in [0, 0.1) is 0 Å². The highest BCUT2D eigenvalue weighted by Gasteiger charge is 2.47. The van der Waals surface area contributed by atoms with E-state index in [9.17, 15) is 4.79 Å². The number of unbranched alkanes of at least 4 members (excludes halogenated alkanes) is 2. The molecule has 0 aromatic carbocycles. The first-order valence-electron chi connectivity index (χ1n) is 7.85. The van der Waals surface area contributed by atoms with Gasteiger partial charge in [-0.15, -0.1) is 0 Å². The summed E-state index contributed by atoms with van der Waals surface area (Å²) in [5.74, 6) is -0.149. The Labute approximate surface area is 117 Å². The molecule has 0 saturated heterocycles. The van der Waals surface area contributed by atoms with Gasteiger partial charge in [-0.2, -0.15) is 0 Å². The van der Waals surface area contributed by atoms with Crippen molar-refractivity contribution in [3.63, 3.8) is 0 Å². The molecule has 1 amide bonds. The van der Waals surface area contributed by atoms with Crippen LogP contribution >= 0.6 is 0 Å². The molecule has 0 aliphatic heterocycles. The third kappa shape index (κ3) is 3.69. The monoisotopic (exact) mass is 267 g/mol. The molecule has 0 bridgehead atoms. The van der Waals surface area contributed by atoms with Crippen LogP contribution in [-0.2, 0) is 4.79 Å². The second-order valence-electron chi connectivity index (χ2n) is 6.45. The molecule has 0 radical (unpaired) electrons. The molecule has 0 spiro atoms. The first kappa shape index (κ1) is 14.8. The molecule has 0 aromatic heterocycles. The van der Waals surface area contributed by atoms with Gasteiger partial charge in [-0.25, -0.2) is 0 Å². The molecule has 4 heteroatoms. The molecule has 0 aromatic rings. The van der Waals surface area contributed by atoms with Crippen LogP contribution in [0.1, 0.15) is 58.3 Å². The summed E-state index contributed by atoms with van der Waals surface area (Å²) in [6.07, 6.45) is 9.08. The van der Waals surface area contributed by atoms with Gasteiger partial charge in [-0.1, -0.05) is 19.8 Å².